The number of hydrogen-bond acceptors (Lipinski definition) is 2. The molecule has 138 valence electrons. The summed E-state index contributed by atoms with van der Waals surface area (Å²) in [6.07, 6.45) is 1.79. The third-order valence-electron chi connectivity index (χ3n) is 6.28. The number of nitrogens with zero attached hydrogens (tertiary/aromatic N) is 1. The first-order valence-corrected chi connectivity index (χ1v) is 9.81. The molecule has 0 aromatic heterocycles. The molecular formula is C26H17NO2. The van der Waals surface area contributed by atoms with E-state index in [2.05, 4.69) is 42.5 Å². The number of para-hydroxylation sites is 1. The van der Waals surface area contributed by atoms with Crippen LogP contribution in [-0.4, -0.2) is 4.92 Å². The quantitative estimate of drug-likeness (QED) is 0.259. The lowest BCUT2D eigenvalue weighted by atomic mass is 9.94. The van der Waals surface area contributed by atoms with Gasteiger partial charge in [0.1, 0.15) is 0 Å². The second-order valence-electron chi connectivity index (χ2n) is 7.74. The van der Waals surface area contributed by atoms with Crippen molar-refractivity contribution in [2.75, 3.05) is 0 Å². The predicted octanol–water partition coefficient (Wildman–Crippen LogP) is 6.40. The average Bonchev–Trinajstić information content (AvgIpc) is 3.31. The molecule has 0 saturated heterocycles. The highest BCUT2D eigenvalue weighted by Crippen LogP contribution is 2.49. The maximum Gasteiger partial charge on any atom is 0.277 e. The molecule has 0 saturated carbocycles. The second-order valence-corrected chi connectivity index (χ2v) is 7.74. The Balaban J connectivity index is 1.57. The number of nitro groups is 1. The first kappa shape index (κ1) is 16.3. The van der Waals surface area contributed by atoms with Crippen molar-refractivity contribution in [2.24, 2.45) is 0 Å². The van der Waals surface area contributed by atoms with E-state index in [-0.39, 0.29) is 10.6 Å². The van der Waals surface area contributed by atoms with E-state index in [1.807, 2.05) is 24.3 Å². The summed E-state index contributed by atoms with van der Waals surface area (Å²) in [5.41, 5.74) is 12.3. The lowest BCUT2D eigenvalue weighted by Crippen LogP contribution is -1.94. The van der Waals surface area contributed by atoms with Crippen LogP contribution in [0, 0.1) is 10.1 Å². The van der Waals surface area contributed by atoms with E-state index in [1.54, 1.807) is 12.1 Å². The van der Waals surface area contributed by atoms with Crippen LogP contribution < -0.4 is 0 Å². The first-order valence-electron chi connectivity index (χ1n) is 9.81. The van der Waals surface area contributed by atoms with E-state index in [9.17, 15) is 10.1 Å². The minimum absolute atomic E-state index is 0.160. The Morgan fingerprint density at radius 2 is 1.24 bits per heavy atom. The molecule has 0 atom stereocenters. The fraction of sp³-hybridized carbons (Fsp3) is 0.0769. The van der Waals surface area contributed by atoms with Crippen molar-refractivity contribution in [1.29, 1.82) is 0 Å². The SMILES string of the molecule is O=[N+]([O-])c1ccccc1-c1cccc2c1Cc1c-2ccc2c1-c1ccccc1C2. The summed E-state index contributed by atoms with van der Waals surface area (Å²) in [4.78, 5) is 11.3. The molecule has 2 aliphatic rings. The smallest absolute Gasteiger partial charge is 0.258 e. The molecule has 0 radical (unpaired) electrons. The minimum Gasteiger partial charge on any atom is -0.258 e. The zero-order valence-corrected chi connectivity index (χ0v) is 15.7. The van der Waals surface area contributed by atoms with E-state index in [0.717, 1.165) is 18.4 Å². The molecule has 0 heterocycles. The molecule has 0 fully saturated rings. The molecule has 29 heavy (non-hydrogen) atoms. The number of benzene rings is 4. The number of nitro benzene ring substituents is 1. The molecular weight excluding hydrogens is 358 g/mol. The van der Waals surface area contributed by atoms with E-state index < -0.39 is 0 Å². The van der Waals surface area contributed by atoms with Crippen molar-refractivity contribution < 1.29 is 4.92 Å². The Bertz CT molecular complexity index is 1340. The molecule has 4 aromatic rings. The van der Waals surface area contributed by atoms with Gasteiger partial charge in [-0.15, -0.1) is 0 Å². The van der Waals surface area contributed by atoms with Gasteiger partial charge in [0.05, 0.1) is 10.5 Å². The summed E-state index contributed by atoms with van der Waals surface area (Å²) in [6, 6.07) is 26.3. The van der Waals surface area contributed by atoms with Crippen LogP contribution in [-0.2, 0) is 12.8 Å². The van der Waals surface area contributed by atoms with Crippen LogP contribution in [0.15, 0.2) is 78.9 Å². The highest BCUT2D eigenvalue weighted by Gasteiger charge is 2.30. The summed E-state index contributed by atoms with van der Waals surface area (Å²) < 4.78 is 0. The summed E-state index contributed by atoms with van der Waals surface area (Å²) in [5.74, 6) is 0. The fourth-order valence-electron chi connectivity index (χ4n) is 5.06. The van der Waals surface area contributed by atoms with Crippen LogP contribution in [0.5, 0.6) is 0 Å². The van der Waals surface area contributed by atoms with Crippen LogP contribution in [0.1, 0.15) is 22.3 Å². The van der Waals surface area contributed by atoms with Gasteiger partial charge in [-0.25, -0.2) is 0 Å². The summed E-state index contributed by atoms with van der Waals surface area (Å²) in [7, 11) is 0. The maximum atomic E-state index is 11.6. The monoisotopic (exact) mass is 375 g/mol. The Labute approximate surface area is 168 Å². The van der Waals surface area contributed by atoms with E-state index in [1.165, 1.54) is 44.5 Å². The third-order valence-corrected chi connectivity index (χ3v) is 6.28. The van der Waals surface area contributed by atoms with Crippen LogP contribution in [0.3, 0.4) is 0 Å². The molecule has 6 rings (SSSR count). The zero-order valence-electron chi connectivity index (χ0n) is 15.7. The van der Waals surface area contributed by atoms with Crippen molar-refractivity contribution in [2.45, 2.75) is 12.8 Å². The largest absolute Gasteiger partial charge is 0.277 e. The molecule has 2 aliphatic carbocycles. The Morgan fingerprint density at radius 1 is 0.586 bits per heavy atom. The molecule has 0 unspecified atom stereocenters. The number of hydrogen-bond donors (Lipinski definition) is 0. The Kier molecular flexibility index (Phi) is 3.30. The topological polar surface area (TPSA) is 43.1 Å². The zero-order chi connectivity index (χ0) is 19.5. The average molecular weight is 375 g/mol. The van der Waals surface area contributed by atoms with Crippen LogP contribution in [0.2, 0.25) is 0 Å². The van der Waals surface area contributed by atoms with Gasteiger partial charge in [-0.3, -0.25) is 10.1 Å². The lowest BCUT2D eigenvalue weighted by molar-refractivity contribution is -0.384. The predicted molar refractivity (Wildman–Crippen MR) is 115 cm³/mol. The summed E-state index contributed by atoms with van der Waals surface area (Å²) >= 11 is 0. The molecule has 0 bridgehead atoms. The van der Waals surface area contributed by atoms with E-state index in [0.29, 0.717) is 5.56 Å². The molecule has 3 heteroatoms. The molecule has 0 spiro atoms. The summed E-state index contributed by atoms with van der Waals surface area (Å²) in [6.45, 7) is 0. The standard InChI is InChI=1S/C26H17NO2/c28-27(29)25-11-4-3-8-22(25)20-10-5-9-19-21-13-12-17-14-16-6-1-2-7-18(16)26(17)24(21)15-23(19)20/h1-13H,14-15H2. The van der Waals surface area contributed by atoms with Gasteiger partial charge in [-0.1, -0.05) is 66.7 Å². The molecule has 0 amide bonds. The van der Waals surface area contributed by atoms with Crippen molar-refractivity contribution in [3.05, 3.63) is 111 Å². The molecule has 3 nitrogen and oxygen atoms in total. The van der Waals surface area contributed by atoms with Gasteiger partial charge in [-0.05, 0) is 69.0 Å². The van der Waals surface area contributed by atoms with Crippen LogP contribution in [0.4, 0.5) is 5.69 Å². The number of rotatable bonds is 2. The summed E-state index contributed by atoms with van der Waals surface area (Å²) in [5, 5.41) is 11.6. The van der Waals surface area contributed by atoms with Crippen molar-refractivity contribution in [1.82, 2.24) is 0 Å². The lowest BCUT2D eigenvalue weighted by Gasteiger charge is -2.09. The normalized spacial score (nSPS) is 12.8. The van der Waals surface area contributed by atoms with Gasteiger partial charge in [0.2, 0.25) is 0 Å². The van der Waals surface area contributed by atoms with Crippen molar-refractivity contribution in [3.63, 3.8) is 0 Å². The molecule has 0 aliphatic heterocycles. The number of fused-ring (bicyclic) bond motifs is 7. The highest BCUT2D eigenvalue weighted by molar-refractivity contribution is 5.93. The first-order chi connectivity index (χ1) is 14.2. The van der Waals surface area contributed by atoms with Crippen molar-refractivity contribution >= 4 is 5.69 Å². The van der Waals surface area contributed by atoms with E-state index >= 15 is 0 Å². The van der Waals surface area contributed by atoms with Gasteiger partial charge in [0.25, 0.3) is 5.69 Å². The molecule has 0 N–H and O–H groups in total. The second kappa shape index (κ2) is 5.89. The van der Waals surface area contributed by atoms with Gasteiger partial charge in [0, 0.05) is 6.07 Å². The van der Waals surface area contributed by atoms with Crippen LogP contribution >= 0.6 is 0 Å². The van der Waals surface area contributed by atoms with Gasteiger partial charge >= 0.3 is 0 Å². The van der Waals surface area contributed by atoms with Crippen LogP contribution in [0.25, 0.3) is 33.4 Å². The highest BCUT2D eigenvalue weighted by atomic mass is 16.6. The molecule has 4 aromatic carbocycles. The van der Waals surface area contributed by atoms with E-state index in [4.69, 9.17) is 0 Å². The third kappa shape index (κ3) is 2.24. The maximum absolute atomic E-state index is 11.6. The Morgan fingerprint density at radius 3 is 2.07 bits per heavy atom. The Hall–Kier alpha value is -3.72. The fourth-order valence-corrected chi connectivity index (χ4v) is 5.06. The van der Waals surface area contributed by atoms with Gasteiger partial charge in [-0.2, -0.15) is 0 Å². The van der Waals surface area contributed by atoms with Gasteiger partial charge in [0.15, 0.2) is 0 Å². The van der Waals surface area contributed by atoms with Crippen molar-refractivity contribution in [3.8, 4) is 33.4 Å². The van der Waals surface area contributed by atoms with Gasteiger partial charge < -0.3 is 0 Å². The minimum atomic E-state index is -0.287.